The molecule has 5 rings (SSSR count). The average Bonchev–Trinajstić information content (AvgIpc) is 3.24. The standard InChI is InChI=1S/C30H45NO7S/c1-19(4-7-27(35)38-13-10-31-11-14-39(36,37)15-12-31)22-5-6-23-28-24(18-26(34)30(22,23)3)29(2)9-8-21(32)16-20(29)17-25(28)33/h19-20,22-24,28H,4-18H2,1-3H3/p+1/t19?,20-,22+,23-,24-,28-,29-,30+/m0/s1. The second kappa shape index (κ2) is 10.7. The summed E-state index contributed by atoms with van der Waals surface area (Å²) in [4.78, 5) is 53.3. The third kappa shape index (κ3) is 5.27. The van der Waals surface area contributed by atoms with Gasteiger partial charge in [-0.1, -0.05) is 20.8 Å². The van der Waals surface area contributed by atoms with Gasteiger partial charge in [-0.25, -0.2) is 8.42 Å². The molecule has 5 aliphatic rings. The van der Waals surface area contributed by atoms with E-state index in [9.17, 15) is 27.6 Å². The summed E-state index contributed by atoms with van der Waals surface area (Å²) in [5.41, 5.74) is -0.646. The van der Waals surface area contributed by atoms with Gasteiger partial charge in [0.05, 0.1) is 24.6 Å². The molecule has 0 spiro atoms. The van der Waals surface area contributed by atoms with E-state index in [-0.39, 0.29) is 75.7 Å². The van der Waals surface area contributed by atoms with Crippen LogP contribution in [0.5, 0.6) is 0 Å². The van der Waals surface area contributed by atoms with E-state index in [2.05, 4.69) is 20.8 Å². The smallest absolute Gasteiger partial charge is 0.306 e. The molecule has 1 heterocycles. The SMILES string of the molecule is CC(CCC(=O)OCC[NH+]1CCS(=O)(=O)CC1)[C@H]1CC[C@H]2[C@@H]3C(=O)C[C@@H]4CC(=O)CC[C@]4(C)[C@H]3CC(=O)[C@]12C. The summed E-state index contributed by atoms with van der Waals surface area (Å²) in [6.07, 6.45) is 5.49. The van der Waals surface area contributed by atoms with Gasteiger partial charge in [-0.05, 0) is 60.7 Å². The van der Waals surface area contributed by atoms with Crippen molar-refractivity contribution in [1.82, 2.24) is 0 Å². The number of ether oxygens (including phenoxy) is 1. The number of hydrogen-bond acceptors (Lipinski definition) is 7. The van der Waals surface area contributed by atoms with Crippen LogP contribution in [0, 0.1) is 46.3 Å². The van der Waals surface area contributed by atoms with Gasteiger partial charge < -0.3 is 9.64 Å². The molecule has 4 aliphatic carbocycles. The molecule has 1 N–H and O–H groups in total. The summed E-state index contributed by atoms with van der Waals surface area (Å²) in [7, 11) is -2.90. The maximum absolute atomic E-state index is 13.9. The highest BCUT2D eigenvalue weighted by molar-refractivity contribution is 7.91. The zero-order valence-electron chi connectivity index (χ0n) is 23.8. The molecular formula is C30H46NO7S+. The van der Waals surface area contributed by atoms with Crippen molar-refractivity contribution in [3.05, 3.63) is 0 Å². The van der Waals surface area contributed by atoms with Crippen LogP contribution in [-0.4, -0.2) is 69.5 Å². The third-order valence-corrected chi connectivity index (χ3v) is 13.6. The van der Waals surface area contributed by atoms with Crippen molar-refractivity contribution in [2.45, 2.75) is 78.6 Å². The van der Waals surface area contributed by atoms with Gasteiger partial charge in [0.1, 0.15) is 30.5 Å². The van der Waals surface area contributed by atoms with E-state index >= 15 is 0 Å². The first kappa shape index (κ1) is 28.9. The Morgan fingerprint density at radius 3 is 2.49 bits per heavy atom. The van der Waals surface area contributed by atoms with E-state index in [0.717, 1.165) is 24.2 Å². The number of Topliss-reactive ketones (excluding diaryl/α,β-unsaturated/α-hetero) is 3. The lowest BCUT2D eigenvalue weighted by atomic mass is 9.44. The summed E-state index contributed by atoms with van der Waals surface area (Å²) < 4.78 is 28.6. The molecule has 0 aromatic rings. The minimum absolute atomic E-state index is 0.0496. The molecular weight excluding hydrogens is 518 g/mol. The van der Waals surface area contributed by atoms with Gasteiger partial charge >= 0.3 is 5.97 Å². The minimum atomic E-state index is -2.90. The van der Waals surface area contributed by atoms with E-state index in [0.29, 0.717) is 64.8 Å². The van der Waals surface area contributed by atoms with Gasteiger partial charge in [0, 0.05) is 43.4 Å². The van der Waals surface area contributed by atoms with Gasteiger partial charge in [-0.15, -0.1) is 0 Å². The minimum Gasteiger partial charge on any atom is -0.460 e. The van der Waals surface area contributed by atoms with Gasteiger partial charge in [0.15, 0.2) is 9.84 Å². The predicted octanol–water partition coefficient (Wildman–Crippen LogP) is 1.85. The van der Waals surface area contributed by atoms with Crippen molar-refractivity contribution in [1.29, 1.82) is 0 Å². The molecule has 8 nitrogen and oxygen atoms in total. The van der Waals surface area contributed by atoms with E-state index in [1.807, 2.05) is 0 Å². The van der Waals surface area contributed by atoms with Crippen molar-refractivity contribution in [3.8, 4) is 0 Å². The number of fused-ring (bicyclic) bond motifs is 5. The highest BCUT2D eigenvalue weighted by atomic mass is 32.2. The second-order valence-electron chi connectivity index (χ2n) is 13.8. The number of sulfone groups is 1. The summed E-state index contributed by atoms with van der Waals surface area (Å²) in [6.45, 7) is 8.51. The molecule has 0 radical (unpaired) electrons. The Bertz CT molecular complexity index is 1120. The first-order chi connectivity index (χ1) is 18.3. The lowest BCUT2D eigenvalue weighted by Crippen LogP contribution is -3.14. The van der Waals surface area contributed by atoms with Crippen molar-refractivity contribution in [2.24, 2.45) is 46.3 Å². The quantitative estimate of drug-likeness (QED) is 0.469. The Balaban J connectivity index is 1.17. The first-order valence-electron chi connectivity index (χ1n) is 15.1. The molecule has 0 aromatic heterocycles. The largest absolute Gasteiger partial charge is 0.460 e. The molecule has 5 fully saturated rings. The molecule has 1 aliphatic heterocycles. The van der Waals surface area contributed by atoms with Crippen LogP contribution >= 0.6 is 0 Å². The number of carbonyl (C=O) groups is 4. The zero-order chi connectivity index (χ0) is 28.2. The van der Waals surface area contributed by atoms with Crippen LogP contribution in [0.2, 0.25) is 0 Å². The van der Waals surface area contributed by atoms with Crippen LogP contribution in [0.3, 0.4) is 0 Å². The van der Waals surface area contributed by atoms with Crippen LogP contribution in [-0.2, 0) is 33.8 Å². The summed E-state index contributed by atoms with van der Waals surface area (Å²) >= 11 is 0. The summed E-state index contributed by atoms with van der Waals surface area (Å²) in [6, 6.07) is 0. The number of rotatable bonds is 7. The maximum Gasteiger partial charge on any atom is 0.306 e. The normalized spacial score (nSPS) is 40.9. The van der Waals surface area contributed by atoms with Gasteiger partial charge in [-0.3, -0.25) is 19.2 Å². The van der Waals surface area contributed by atoms with Crippen molar-refractivity contribution >= 4 is 33.2 Å². The Labute approximate surface area is 232 Å². The number of ketones is 3. The van der Waals surface area contributed by atoms with Gasteiger partial charge in [0.25, 0.3) is 0 Å². The van der Waals surface area contributed by atoms with E-state index in [4.69, 9.17) is 4.74 Å². The van der Waals surface area contributed by atoms with E-state index in [1.54, 1.807) is 0 Å². The fourth-order valence-corrected chi connectivity index (χ4v) is 10.8. The third-order valence-electron chi connectivity index (χ3n) is 12.0. The van der Waals surface area contributed by atoms with Crippen LogP contribution in [0.1, 0.15) is 78.6 Å². The van der Waals surface area contributed by atoms with Crippen LogP contribution in [0.4, 0.5) is 0 Å². The van der Waals surface area contributed by atoms with Crippen molar-refractivity contribution < 1.29 is 37.2 Å². The fraction of sp³-hybridized carbons (Fsp3) is 0.867. The topological polar surface area (TPSA) is 116 Å². The summed E-state index contributed by atoms with van der Waals surface area (Å²) in [5.74, 6) is 1.37. The average molecular weight is 565 g/mol. The highest BCUT2D eigenvalue weighted by Crippen LogP contribution is 2.66. The number of quaternary nitrogens is 1. The lowest BCUT2D eigenvalue weighted by Gasteiger charge is -2.58. The molecule has 9 heteroatoms. The second-order valence-corrected chi connectivity index (χ2v) is 16.1. The molecule has 8 atom stereocenters. The predicted molar refractivity (Wildman–Crippen MR) is 145 cm³/mol. The Hall–Kier alpha value is -1.61. The van der Waals surface area contributed by atoms with Crippen LogP contribution in [0.15, 0.2) is 0 Å². The Morgan fingerprint density at radius 2 is 1.77 bits per heavy atom. The first-order valence-corrected chi connectivity index (χ1v) is 16.9. The Morgan fingerprint density at radius 1 is 1.05 bits per heavy atom. The van der Waals surface area contributed by atoms with Gasteiger partial charge in [-0.2, -0.15) is 0 Å². The monoisotopic (exact) mass is 564 g/mol. The van der Waals surface area contributed by atoms with E-state index in [1.165, 1.54) is 0 Å². The van der Waals surface area contributed by atoms with E-state index < -0.39 is 15.3 Å². The van der Waals surface area contributed by atoms with Crippen molar-refractivity contribution in [3.63, 3.8) is 0 Å². The number of hydrogen-bond donors (Lipinski definition) is 1. The van der Waals surface area contributed by atoms with Gasteiger partial charge in [0.2, 0.25) is 0 Å². The molecule has 1 unspecified atom stereocenters. The molecule has 0 aromatic carbocycles. The zero-order valence-corrected chi connectivity index (χ0v) is 24.7. The Kier molecular flexibility index (Phi) is 7.90. The summed E-state index contributed by atoms with van der Waals surface area (Å²) in [5, 5.41) is 0. The number of esters is 1. The molecule has 0 amide bonds. The molecule has 39 heavy (non-hydrogen) atoms. The fourth-order valence-electron chi connectivity index (χ4n) is 9.39. The molecule has 0 bridgehead atoms. The molecule has 1 saturated heterocycles. The van der Waals surface area contributed by atoms with Crippen LogP contribution < -0.4 is 4.90 Å². The molecule has 218 valence electrons. The van der Waals surface area contributed by atoms with Crippen LogP contribution in [0.25, 0.3) is 0 Å². The highest BCUT2D eigenvalue weighted by Gasteiger charge is 2.66. The number of nitrogens with one attached hydrogen (secondary N) is 1. The van der Waals surface area contributed by atoms with Crippen molar-refractivity contribution in [2.75, 3.05) is 37.7 Å². The maximum atomic E-state index is 13.9. The molecule has 4 saturated carbocycles. The lowest BCUT2D eigenvalue weighted by molar-refractivity contribution is -0.896. The number of carbonyl (C=O) groups excluding carboxylic acids is 4.